The van der Waals surface area contributed by atoms with Crippen LogP contribution in [0.15, 0.2) is 48.5 Å². The number of nitrogens with one attached hydrogen (secondary N) is 1. The van der Waals surface area contributed by atoms with E-state index in [0.29, 0.717) is 11.1 Å². The summed E-state index contributed by atoms with van der Waals surface area (Å²) in [5.41, 5.74) is 2.15. The second-order valence-electron chi connectivity index (χ2n) is 5.22. The average Bonchev–Trinajstić information content (AvgIpc) is 2.56. The molecular weight excluding hydrogens is 314 g/mol. The van der Waals surface area contributed by atoms with Crippen molar-refractivity contribution in [2.75, 3.05) is 0 Å². The molecule has 1 unspecified atom stereocenters. The number of nitrogens with zero attached hydrogens (tertiary/aromatic N) is 1. The Morgan fingerprint density at radius 1 is 1.17 bits per heavy atom. The van der Waals surface area contributed by atoms with Gasteiger partial charge in [-0.1, -0.05) is 24.3 Å². The fourth-order valence-electron chi connectivity index (χ4n) is 2.20. The summed E-state index contributed by atoms with van der Waals surface area (Å²) in [6.07, 6.45) is 0.135. The Morgan fingerprint density at radius 2 is 1.79 bits per heavy atom. The summed E-state index contributed by atoms with van der Waals surface area (Å²) in [6, 6.07) is 14.8. The SMILES string of the molecule is CC(NC(=O)Cc1ccc(OC(F)F)cc1)c1ccc(C#N)cc1. The Labute approximate surface area is 138 Å². The van der Waals surface area contributed by atoms with Crippen LogP contribution in [0.2, 0.25) is 0 Å². The molecule has 2 rings (SSSR count). The van der Waals surface area contributed by atoms with Gasteiger partial charge in [-0.15, -0.1) is 0 Å². The molecule has 0 heterocycles. The van der Waals surface area contributed by atoms with Crippen LogP contribution in [0, 0.1) is 11.3 Å². The minimum absolute atomic E-state index is 0.0557. The summed E-state index contributed by atoms with van der Waals surface area (Å²) in [7, 11) is 0. The molecule has 0 aliphatic rings. The Bertz CT molecular complexity index is 722. The van der Waals surface area contributed by atoms with E-state index in [4.69, 9.17) is 5.26 Å². The van der Waals surface area contributed by atoms with Crippen LogP contribution in [0.25, 0.3) is 0 Å². The van der Waals surface area contributed by atoms with Crippen molar-refractivity contribution < 1.29 is 18.3 Å². The number of carbonyl (C=O) groups is 1. The van der Waals surface area contributed by atoms with Gasteiger partial charge in [-0.3, -0.25) is 4.79 Å². The molecule has 1 atom stereocenters. The topological polar surface area (TPSA) is 62.1 Å². The number of ether oxygens (including phenoxy) is 1. The first-order valence-electron chi connectivity index (χ1n) is 7.31. The minimum Gasteiger partial charge on any atom is -0.435 e. The van der Waals surface area contributed by atoms with Crippen LogP contribution in [-0.2, 0) is 11.2 Å². The van der Waals surface area contributed by atoms with Crippen molar-refractivity contribution in [2.45, 2.75) is 26.0 Å². The molecule has 0 aliphatic carbocycles. The predicted molar refractivity (Wildman–Crippen MR) is 84.5 cm³/mol. The molecule has 24 heavy (non-hydrogen) atoms. The van der Waals surface area contributed by atoms with Crippen LogP contribution < -0.4 is 10.1 Å². The van der Waals surface area contributed by atoms with E-state index in [1.165, 1.54) is 12.1 Å². The molecule has 0 saturated heterocycles. The van der Waals surface area contributed by atoms with E-state index in [0.717, 1.165) is 5.56 Å². The van der Waals surface area contributed by atoms with Gasteiger partial charge in [0.15, 0.2) is 0 Å². The average molecular weight is 330 g/mol. The van der Waals surface area contributed by atoms with E-state index in [-0.39, 0.29) is 24.1 Å². The summed E-state index contributed by atoms with van der Waals surface area (Å²) < 4.78 is 28.4. The number of amides is 1. The molecule has 0 saturated carbocycles. The van der Waals surface area contributed by atoms with Gasteiger partial charge in [-0.25, -0.2) is 0 Å². The van der Waals surface area contributed by atoms with E-state index < -0.39 is 6.61 Å². The molecule has 6 heteroatoms. The molecule has 0 radical (unpaired) electrons. The van der Waals surface area contributed by atoms with Crippen LogP contribution >= 0.6 is 0 Å². The Hall–Kier alpha value is -2.94. The third kappa shape index (κ3) is 5.06. The van der Waals surface area contributed by atoms with Crippen molar-refractivity contribution in [3.05, 3.63) is 65.2 Å². The lowest BCUT2D eigenvalue weighted by atomic mass is 10.1. The summed E-state index contributed by atoms with van der Waals surface area (Å²) in [4.78, 5) is 12.1. The van der Waals surface area contributed by atoms with E-state index in [9.17, 15) is 13.6 Å². The molecule has 0 fully saturated rings. The van der Waals surface area contributed by atoms with Crippen molar-refractivity contribution in [3.8, 4) is 11.8 Å². The zero-order valence-electron chi connectivity index (χ0n) is 13.0. The number of carbonyl (C=O) groups excluding carboxylic acids is 1. The highest BCUT2D eigenvalue weighted by Gasteiger charge is 2.11. The van der Waals surface area contributed by atoms with Gasteiger partial charge in [0, 0.05) is 0 Å². The molecule has 0 bridgehead atoms. The van der Waals surface area contributed by atoms with E-state index >= 15 is 0 Å². The molecule has 2 aromatic carbocycles. The van der Waals surface area contributed by atoms with Crippen LogP contribution in [0.5, 0.6) is 5.75 Å². The molecule has 124 valence electrons. The summed E-state index contributed by atoms with van der Waals surface area (Å²) in [5.74, 6) is -0.130. The van der Waals surface area contributed by atoms with E-state index in [1.54, 1.807) is 36.4 Å². The van der Waals surface area contributed by atoms with Gasteiger partial charge in [-0.05, 0) is 42.3 Å². The third-order valence-corrected chi connectivity index (χ3v) is 3.43. The number of hydrogen-bond acceptors (Lipinski definition) is 3. The molecule has 4 nitrogen and oxygen atoms in total. The fraction of sp³-hybridized carbons (Fsp3) is 0.222. The van der Waals surface area contributed by atoms with Crippen molar-refractivity contribution >= 4 is 5.91 Å². The highest BCUT2D eigenvalue weighted by Crippen LogP contribution is 2.16. The molecule has 2 aromatic rings. The number of nitriles is 1. The number of halogens is 2. The van der Waals surface area contributed by atoms with Gasteiger partial charge in [-0.2, -0.15) is 14.0 Å². The van der Waals surface area contributed by atoms with Crippen molar-refractivity contribution in [3.63, 3.8) is 0 Å². The minimum atomic E-state index is -2.87. The van der Waals surface area contributed by atoms with E-state index in [1.807, 2.05) is 13.0 Å². The zero-order valence-corrected chi connectivity index (χ0v) is 13.0. The van der Waals surface area contributed by atoms with Gasteiger partial charge in [0.25, 0.3) is 0 Å². The lowest BCUT2D eigenvalue weighted by Crippen LogP contribution is -2.28. The highest BCUT2D eigenvalue weighted by molar-refractivity contribution is 5.79. The maximum atomic E-state index is 12.1. The van der Waals surface area contributed by atoms with Crippen LogP contribution in [-0.4, -0.2) is 12.5 Å². The van der Waals surface area contributed by atoms with Gasteiger partial charge in [0.1, 0.15) is 5.75 Å². The van der Waals surface area contributed by atoms with Crippen LogP contribution in [0.1, 0.15) is 29.7 Å². The molecular formula is C18H16F2N2O2. The third-order valence-electron chi connectivity index (χ3n) is 3.43. The van der Waals surface area contributed by atoms with Crippen LogP contribution in [0.4, 0.5) is 8.78 Å². The fourth-order valence-corrected chi connectivity index (χ4v) is 2.20. The zero-order chi connectivity index (χ0) is 17.5. The summed E-state index contributed by atoms with van der Waals surface area (Å²) in [5, 5.41) is 11.6. The molecule has 0 aromatic heterocycles. The Kier molecular flexibility index (Phi) is 5.85. The smallest absolute Gasteiger partial charge is 0.387 e. The second kappa shape index (κ2) is 8.06. The van der Waals surface area contributed by atoms with Gasteiger partial charge in [0.2, 0.25) is 5.91 Å². The van der Waals surface area contributed by atoms with Gasteiger partial charge >= 0.3 is 6.61 Å². The number of alkyl halides is 2. The standard InChI is InChI=1S/C18H16F2N2O2/c1-12(15-6-2-14(11-21)3-7-15)22-17(23)10-13-4-8-16(9-5-13)24-18(19)20/h2-9,12,18H,10H2,1H3,(H,22,23). The molecule has 0 aliphatic heterocycles. The molecule has 1 amide bonds. The first kappa shape index (κ1) is 17.4. The van der Waals surface area contributed by atoms with Crippen molar-refractivity contribution in [1.82, 2.24) is 5.32 Å². The Morgan fingerprint density at radius 3 is 2.33 bits per heavy atom. The first-order chi connectivity index (χ1) is 11.5. The van der Waals surface area contributed by atoms with Gasteiger partial charge < -0.3 is 10.1 Å². The number of rotatable bonds is 6. The largest absolute Gasteiger partial charge is 0.435 e. The lowest BCUT2D eigenvalue weighted by Gasteiger charge is -2.14. The maximum Gasteiger partial charge on any atom is 0.387 e. The lowest BCUT2D eigenvalue weighted by molar-refractivity contribution is -0.121. The maximum absolute atomic E-state index is 12.1. The summed E-state index contributed by atoms with van der Waals surface area (Å²) >= 11 is 0. The quantitative estimate of drug-likeness (QED) is 0.880. The van der Waals surface area contributed by atoms with Crippen molar-refractivity contribution in [2.24, 2.45) is 0 Å². The highest BCUT2D eigenvalue weighted by atomic mass is 19.3. The first-order valence-corrected chi connectivity index (χ1v) is 7.31. The second-order valence-corrected chi connectivity index (χ2v) is 5.22. The number of benzene rings is 2. The summed E-state index contributed by atoms with van der Waals surface area (Å²) in [6.45, 7) is -1.02. The van der Waals surface area contributed by atoms with E-state index in [2.05, 4.69) is 10.1 Å². The number of hydrogen-bond donors (Lipinski definition) is 1. The molecule has 0 spiro atoms. The van der Waals surface area contributed by atoms with Crippen molar-refractivity contribution in [1.29, 1.82) is 5.26 Å². The van der Waals surface area contributed by atoms with Crippen LogP contribution in [0.3, 0.4) is 0 Å². The monoisotopic (exact) mass is 330 g/mol. The molecule has 1 N–H and O–H groups in total. The van der Waals surface area contributed by atoms with Gasteiger partial charge in [0.05, 0.1) is 24.1 Å². The predicted octanol–water partition coefficient (Wildman–Crippen LogP) is 3.58. The Balaban J connectivity index is 1.91. The normalized spacial score (nSPS) is 11.6.